The van der Waals surface area contributed by atoms with E-state index in [2.05, 4.69) is 6.92 Å². The molecule has 0 atom stereocenters. The highest BCUT2D eigenvalue weighted by Gasteiger charge is 2.25. The maximum Gasteiger partial charge on any atom is 0.264 e. The molecule has 1 aliphatic rings. The van der Waals surface area contributed by atoms with Crippen molar-refractivity contribution in [3.8, 4) is 10.4 Å². The van der Waals surface area contributed by atoms with Crippen LogP contribution >= 0.6 is 11.3 Å². The van der Waals surface area contributed by atoms with Crippen LogP contribution in [0.15, 0.2) is 36.4 Å². The van der Waals surface area contributed by atoms with E-state index in [1.165, 1.54) is 42.7 Å². The van der Waals surface area contributed by atoms with Crippen molar-refractivity contribution in [2.45, 2.75) is 45.1 Å². The fourth-order valence-electron chi connectivity index (χ4n) is 3.32. The number of halogens is 1. The molecule has 1 saturated carbocycles. The number of carbonyl (C=O) groups excluding carboxylic acids is 1. The van der Waals surface area contributed by atoms with E-state index in [0.29, 0.717) is 6.04 Å². The molecule has 0 unspecified atom stereocenters. The molecule has 3 rings (SSSR count). The Morgan fingerprint density at radius 3 is 2.48 bits per heavy atom. The number of hydrogen-bond donors (Lipinski definition) is 0. The molecule has 122 valence electrons. The highest BCUT2D eigenvalue weighted by Crippen LogP contribution is 2.30. The van der Waals surface area contributed by atoms with Gasteiger partial charge in [-0.15, -0.1) is 11.3 Å². The molecular formula is C19H22FNOS. The zero-order valence-electron chi connectivity index (χ0n) is 13.4. The Morgan fingerprint density at radius 2 is 1.83 bits per heavy atom. The van der Waals surface area contributed by atoms with Crippen molar-refractivity contribution in [3.63, 3.8) is 0 Å². The Balaban J connectivity index is 1.78. The van der Waals surface area contributed by atoms with Gasteiger partial charge in [0.2, 0.25) is 0 Å². The van der Waals surface area contributed by atoms with Gasteiger partial charge in [-0.2, -0.15) is 0 Å². The minimum atomic E-state index is -0.240. The van der Waals surface area contributed by atoms with Crippen molar-refractivity contribution in [1.29, 1.82) is 0 Å². The molecule has 0 radical (unpaired) electrons. The number of thiophene rings is 1. The molecule has 0 saturated heterocycles. The third kappa shape index (κ3) is 3.63. The summed E-state index contributed by atoms with van der Waals surface area (Å²) in [6.07, 6.45) is 5.97. The van der Waals surface area contributed by atoms with Crippen LogP contribution in [0.25, 0.3) is 10.4 Å². The van der Waals surface area contributed by atoms with E-state index >= 15 is 0 Å². The Bertz CT molecular complexity index is 658. The second-order valence-corrected chi connectivity index (χ2v) is 7.14. The number of nitrogens with zero attached hydrogens (tertiary/aromatic N) is 1. The average molecular weight is 331 g/mol. The van der Waals surface area contributed by atoms with Crippen LogP contribution in [0.1, 0.15) is 48.7 Å². The lowest BCUT2D eigenvalue weighted by Crippen LogP contribution is -2.40. The van der Waals surface area contributed by atoms with Gasteiger partial charge in [0.1, 0.15) is 5.82 Å². The van der Waals surface area contributed by atoms with E-state index in [-0.39, 0.29) is 11.7 Å². The van der Waals surface area contributed by atoms with Gasteiger partial charge >= 0.3 is 0 Å². The molecule has 23 heavy (non-hydrogen) atoms. The zero-order chi connectivity index (χ0) is 16.2. The summed E-state index contributed by atoms with van der Waals surface area (Å²) in [5, 5.41) is 0. The van der Waals surface area contributed by atoms with Crippen LogP contribution in [0.4, 0.5) is 4.39 Å². The molecule has 1 aliphatic carbocycles. The van der Waals surface area contributed by atoms with E-state index in [1.807, 2.05) is 17.0 Å². The second-order valence-electron chi connectivity index (χ2n) is 6.05. The van der Waals surface area contributed by atoms with Gasteiger partial charge in [-0.3, -0.25) is 4.79 Å². The molecule has 2 nitrogen and oxygen atoms in total. The van der Waals surface area contributed by atoms with E-state index < -0.39 is 0 Å². The van der Waals surface area contributed by atoms with Gasteiger partial charge in [-0.25, -0.2) is 4.39 Å². The van der Waals surface area contributed by atoms with Crippen molar-refractivity contribution in [1.82, 2.24) is 4.90 Å². The molecule has 0 spiro atoms. The third-order valence-electron chi connectivity index (χ3n) is 4.56. The van der Waals surface area contributed by atoms with Crippen molar-refractivity contribution in [2.24, 2.45) is 0 Å². The van der Waals surface area contributed by atoms with Gasteiger partial charge in [0, 0.05) is 17.5 Å². The van der Waals surface area contributed by atoms with Gasteiger partial charge in [-0.1, -0.05) is 31.4 Å². The minimum Gasteiger partial charge on any atom is -0.335 e. The molecule has 0 bridgehead atoms. The number of amides is 1. The first-order valence-electron chi connectivity index (χ1n) is 8.36. The van der Waals surface area contributed by atoms with Crippen LogP contribution < -0.4 is 0 Å². The molecule has 1 aromatic heterocycles. The van der Waals surface area contributed by atoms with E-state index in [4.69, 9.17) is 0 Å². The lowest BCUT2D eigenvalue weighted by Gasteiger charge is -2.33. The predicted octanol–water partition coefficient (Wildman–Crippen LogP) is 5.35. The zero-order valence-corrected chi connectivity index (χ0v) is 14.2. The van der Waals surface area contributed by atoms with Gasteiger partial charge in [0.15, 0.2) is 0 Å². The van der Waals surface area contributed by atoms with Crippen molar-refractivity contribution in [2.75, 3.05) is 6.54 Å². The van der Waals surface area contributed by atoms with Crippen molar-refractivity contribution >= 4 is 17.2 Å². The number of rotatable bonds is 4. The van der Waals surface area contributed by atoms with Gasteiger partial charge in [-0.05, 0) is 49.6 Å². The van der Waals surface area contributed by atoms with Crippen LogP contribution in [-0.4, -0.2) is 23.4 Å². The quantitative estimate of drug-likeness (QED) is 0.739. The molecule has 2 aromatic rings. The Kier molecular flexibility index (Phi) is 5.11. The maximum absolute atomic E-state index is 13.0. The van der Waals surface area contributed by atoms with Gasteiger partial charge in [0.05, 0.1) is 4.88 Å². The lowest BCUT2D eigenvalue weighted by molar-refractivity contribution is 0.0653. The summed E-state index contributed by atoms with van der Waals surface area (Å²) >= 11 is 1.49. The normalized spacial score (nSPS) is 15.6. The fraction of sp³-hybridized carbons (Fsp3) is 0.421. The predicted molar refractivity (Wildman–Crippen MR) is 93.3 cm³/mol. The topological polar surface area (TPSA) is 20.3 Å². The highest BCUT2D eigenvalue weighted by molar-refractivity contribution is 7.17. The SMILES string of the molecule is CCN(C(=O)c1ccc(-c2ccc(F)cc2)s1)C1CCCCC1. The molecule has 1 fully saturated rings. The highest BCUT2D eigenvalue weighted by atomic mass is 32.1. The van der Waals surface area contributed by atoms with Crippen LogP contribution in [-0.2, 0) is 0 Å². The maximum atomic E-state index is 13.0. The number of hydrogen-bond acceptors (Lipinski definition) is 2. The van der Waals surface area contributed by atoms with Crippen LogP contribution in [0, 0.1) is 5.82 Å². The summed E-state index contributed by atoms with van der Waals surface area (Å²) in [4.78, 5) is 16.7. The molecule has 1 heterocycles. The van der Waals surface area contributed by atoms with E-state index in [0.717, 1.165) is 34.7 Å². The fourth-order valence-corrected chi connectivity index (χ4v) is 4.29. The Labute approximate surface area is 140 Å². The van der Waals surface area contributed by atoms with Crippen molar-refractivity contribution in [3.05, 3.63) is 47.1 Å². The monoisotopic (exact) mass is 331 g/mol. The Hall–Kier alpha value is -1.68. The molecule has 1 aromatic carbocycles. The Morgan fingerprint density at radius 1 is 1.13 bits per heavy atom. The first-order chi connectivity index (χ1) is 11.2. The molecular weight excluding hydrogens is 309 g/mol. The summed E-state index contributed by atoms with van der Waals surface area (Å²) in [5.74, 6) is -0.103. The summed E-state index contributed by atoms with van der Waals surface area (Å²) in [5.41, 5.74) is 0.955. The summed E-state index contributed by atoms with van der Waals surface area (Å²) in [7, 11) is 0. The summed E-state index contributed by atoms with van der Waals surface area (Å²) in [6, 6.07) is 10.7. The third-order valence-corrected chi connectivity index (χ3v) is 5.68. The van der Waals surface area contributed by atoms with E-state index in [9.17, 15) is 9.18 Å². The summed E-state index contributed by atoms with van der Waals surface area (Å²) < 4.78 is 13.0. The first kappa shape index (κ1) is 16.2. The van der Waals surface area contributed by atoms with Gasteiger partial charge < -0.3 is 4.90 Å². The number of carbonyl (C=O) groups is 1. The van der Waals surface area contributed by atoms with E-state index in [1.54, 1.807) is 12.1 Å². The second kappa shape index (κ2) is 7.26. The molecule has 1 amide bonds. The standard InChI is InChI=1S/C19H22FNOS/c1-2-21(16-6-4-3-5-7-16)19(22)18-13-12-17(23-18)14-8-10-15(20)11-9-14/h8-13,16H,2-7H2,1H3. The first-order valence-corrected chi connectivity index (χ1v) is 9.17. The molecule has 0 aliphatic heterocycles. The van der Waals surface area contributed by atoms with Gasteiger partial charge in [0.25, 0.3) is 5.91 Å². The van der Waals surface area contributed by atoms with Crippen LogP contribution in [0.5, 0.6) is 0 Å². The summed E-state index contributed by atoms with van der Waals surface area (Å²) in [6.45, 7) is 2.81. The smallest absolute Gasteiger partial charge is 0.264 e. The number of benzene rings is 1. The lowest BCUT2D eigenvalue weighted by atomic mass is 9.94. The van der Waals surface area contributed by atoms with Crippen LogP contribution in [0.2, 0.25) is 0 Å². The average Bonchev–Trinajstić information content (AvgIpc) is 3.07. The minimum absolute atomic E-state index is 0.137. The molecule has 0 N–H and O–H groups in total. The van der Waals surface area contributed by atoms with Crippen molar-refractivity contribution < 1.29 is 9.18 Å². The molecule has 4 heteroatoms. The largest absolute Gasteiger partial charge is 0.335 e. The van der Waals surface area contributed by atoms with Crippen LogP contribution in [0.3, 0.4) is 0 Å².